The predicted octanol–water partition coefficient (Wildman–Crippen LogP) is 4.21. The van der Waals surface area contributed by atoms with Gasteiger partial charge in [-0.1, -0.05) is 42.5 Å². The molecule has 2 heterocycles. The lowest BCUT2D eigenvalue weighted by Gasteiger charge is -2.35. The number of fused-ring (bicyclic) bond motifs is 2. The molecule has 1 aromatic heterocycles. The van der Waals surface area contributed by atoms with Crippen LogP contribution in [0.25, 0.3) is 21.7 Å². The molecular weight excluding hydrogens is 462 g/mol. The van der Waals surface area contributed by atoms with Gasteiger partial charge in [-0.3, -0.25) is 4.79 Å². The summed E-state index contributed by atoms with van der Waals surface area (Å²) in [4.78, 5) is 17.8. The highest BCUT2D eigenvalue weighted by molar-refractivity contribution is 7.90. The van der Waals surface area contributed by atoms with Crippen LogP contribution < -0.4 is 4.74 Å². The Hall–Kier alpha value is -3.36. The lowest BCUT2D eigenvalue weighted by Crippen LogP contribution is -2.44. The SMILES string of the molecule is COc1ccc(S(=O)(=O)n2cc(C(=O)N(C)C3CCN(C)CC3)c3ccccc32)c2ccccc12. The normalized spacial score (nSPS) is 15.5. The van der Waals surface area contributed by atoms with Crippen LogP contribution >= 0.6 is 0 Å². The number of hydrogen-bond donors (Lipinski definition) is 0. The smallest absolute Gasteiger partial charge is 0.268 e. The van der Waals surface area contributed by atoms with Crippen LogP contribution in [0, 0.1) is 0 Å². The zero-order chi connectivity index (χ0) is 24.7. The minimum atomic E-state index is -4.00. The number of carbonyl (C=O) groups excluding carboxylic acids is 1. The van der Waals surface area contributed by atoms with Crippen molar-refractivity contribution in [3.8, 4) is 5.75 Å². The fourth-order valence-electron chi connectivity index (χ4n) is 5.01. The lowest BCUT2D eigenvalue weighted by molar-refractivity contribution is 0.0661. The number of amides is 1. The second-order valence-electron chi connectivity index (χ2n) is 9.12. The van der Waals surface area contributed by atoms with Gasteiger partial charge in [0.05, 0.1) is 23.1 Å². The Morgan fingerprint density at radius 3 is 2.26 bits per heavy atom. The molecule has 0 spiro atoms. The molecule has 1 amide bonds. The van der Waals surface area contributed by atoms with Crippen molar-refractivity contribution in [1.82, 2.24) is 13.8 Å². The third-order valence-corrected chi connectivity index (χ3v) is 8.80. The van der Waals surface area contributed by atoms with Crippen molar-refractivity contribution in [2.24, 2.45) is 0 Å². The molecule has 0 bridgehead atoms. The van der Waals surface area contributed by atoms with Gasteiger partial charge in [-0.25, -0.2) is 12.4 Å². The molecule has 7 nitrogen and oxygen atoms in total. The van der Waals surface area contributed by atoms with E-state index in [1.54, 1.807) is 48.4 Å². The van der Waals surface area contributed by atoms with Crippen LogP contribution in [0.5, 0.6) is 5.75 Å². The molecule has 3 aromatic carbocycles. The Morgan fingerprint density at radius 2 is 1.57 bits per heavy atom. The zero-order valence-electron chi connectivity index (χ0n) is 20.1. The van der Waals surface area contributed by atoms with E-state index in [-0.39, 0.29) is 16.8 Å². The molecule has 5 rings (SSSR count). The van der Waals surface area contributed by atoms with E-state index < -0.39 is 10.0 Å². The summed E-state index contributed by atoms with van der Waals surface area (Å²) in [7, 11) is 1.46. The van der Waals surface area contributed by atoms with Crippen LogP contribution in [-0.2, 0) is 10.0 Å². The topological polar surface area (TPSA) is 71.8 Å². The molecule has 0 radical (unpaired) electrons. The number of aromatic nitrogens is 1. The number of methoxy groups -OCH3 is 1. The van der Waals surface area contributed by atoms with E-state index in [0.29, 0.717) is 33.0 Å². The lowest BCUT2D eigenvalue weighted by atomic mass is 10.0. The molecule has 1 aliphatic heterocycles. The van der Waals surface area contributed by atoms with Gasteiger partial charge in [0, 0.05) is 35.4 Å². The molecule has 0 N–H and O–H groups in total. The van der Waals surface area contributed by atoms with Crippen molar-refractivity contribution in [3.05, 3.63) is 72.4 Å². The third-order valence-electron chi connectivity index (χ3n) is 7.07. The van der Waals surface area contributed by atoms with Crippen molar-refractivity contribution < 1.29 is 17.9 Å². The average molecular weight is 492 g/mol. The zero-order valence-corrected chi connectivity index (χ0v) is 21.0. The molecule has 0 saturated carbocycles. The number of ether oxygens (including phenoxy) is 1. The van der Waals surface area contributed by atoms with Crippen molar-refractivity contribution >= 4 is 37.6 Å². The van der Waals surface area contributed by atoms with Gasteiger partial charge in [-0.2, -0.15) is 0 Å². The molecule has 1 aliphatic rings. The fourth-order valence-corrected chi connectivity index (χ4v) is 6.58. The number of benzene rings is 3. The van der Waals surface area contributed by atoms with Crippen LogP contribution in [0.1, 0.15) is 23.2 Å². The standard InChI is InChI=1S/C27H29N3O4S/c1-28-16-14-19(15-17-28)29(2)27(31)23-18-30(24-11-7-6-8-20(23)24)35(32,33)26-13-12-25(34-3)21-9-4-5-10-22(21)26/h4-13,18-19H,14-17H2,1-3H3. The minimum absolute atomic E-state index is 0.128. The molecule has 0 aliphatic carbocycles. The van der Waals surface area contributed by atoms with E-state index in [0.717, 1.165) is 25.9 Å². The first-order chi connectivity index (χ1) is 16.8. The largest absolute Gasteiger partial charge is 0.496 e. The van der Waals surface area contributed by atoms with Gasteiger partial charge in [-0.15, -0.1) is 0 Å². The third kappa shape index (κ3) is 3.96. The van der Waals surface area contributed by atoms with Crippen LogP contribution in [0.2, 0.25) is 0 Å². The van der Waals surface area contributed by atoms with Gasteiger partial charge >= 0.3 is 0 Å². The van der Waals surface area contributed by atoms with Gasteiger partial charge in [-0.05, 0) is 51.2 Å². The second-order valence-corrected chi connectivity index (χ2v) is 10.9. The van der Waals surface area contributed by atoms with Crippen molar-refractivity contribution in [1.29, 1.82) is 0 Å². The maximum absolute atomic E-state index is 14.0. The second kappa shape index (κ2) is 9.02. The van der Waals surface area contributed by atoms with Crippen LogP contribution in [0.4, 0.5) is 0 Å². The van der Waals surface area contributed by atoms with Gasteiger partial charge in [0.2, 0.25) is 0 Å². The molecule has 0 atom stereocenters. The number of hydrogen-bond acceptors (Lipinski definition) is 5. The van der Waals surface area contributed by atoms with Crippen molar-refractivity contribution in [2.45, 2.75) is 23.8 Å². The maximum atomic E-state index is 14.0. The van der Waals surface area contributed by atoms with E-state index in [4.69, 9.17) is 4.74 Å². The molecule has 35 heavy (non-hydrogen) atoms. The fraction of sp³-hybridized carbons (Fsp3) is 0.296. The number of nitrogens with zero attached hydrogens (tertiary/aromatic N) is 3. The maximum Gasteiger partial charge on any atom is 0.268 e. The van der Waals surface area contributed by atoms with E-state index in [1.165, 1.54) is 10.2 Å². The minimum Gasteiger partial charge on any atom is -0.496 e. The Labute approximate surface area is 205 Å². The summed E-state index contributed by atoms with van der Waals surface area (Å²) >= 11 is 0. The van der Waals surface area contributed by atoms with E-state index >= 15 is 0 Å². The summed E-state index contributed by atoms with van der Waals surface area (Å²) < 4.78 is 34.7. The monoisotopic (exact) mass is 491 g/mol. The summed E-state index contributed by atoms with van der Waals surface area (Å²) in [6, 6.07) is 17.8. The first-order valence-corrected chi connectivity index (χ1v) is 13.1. The number of rotatable bonds is 5. The van der Waals surface area contributed by atoms with Gasteiger partial charge < -0.3 is 14.5 Å². The Kier molecular flexibility index (Phi) is 6.02. The molecule has 182 valence electrons. The van der Waals surface area contributed by atoms with E-state index in [2.05, 4.69) is 11.9 Å². The highest BCUT2D eigenvalue weighted by atomic mass is 32.2. The summed E-state index contributed by atoms with van der Waals surface area (Å²) in [6.45, 7) is 1.87. The Bertz CT molecular complexity index is 1520. The number of para-hydroxylation sites is 1. The average Bonchev–Trinajstić information content (AvgIpc) is 3.28. The molecule has 8 heteroatoms. The van der Waals surface area contributed by atoms with Crippen LogP contribution in [-0.4, -0.2) is 68.4 Å². The van der Waals surface area contributed by atoms with Crippen molar-refractivity contribution in [3.63, 3.8) is 0 Å². The van der Waals surface area contributed by atoms with Crippen LogP contribution in [0.3, 0.4) is 0 Å². The number of piperidine rings is 1. The van der Waals surface area contributed by atoms with Gasteiger partial charge in [0.1, 0.15) is 5.75 Å². The molecule has 4 aromatic rings. The van der Waals surface area contributed by atoms with Crippen molar-refractivity contribution in [2.75, 3.05) is 34.3 Å². The van der Waals surface area contributed by atoms with Gasteiger partial charge in [0.15, 0.2) is 0 Å². The Balaban J connectivity index is 1.62. The highest BCUT2D eigenvalue weighted by Crippen LogP contribution is 2.34. The predicted molar refractivity (Wildman–Crippen MR) is 138 cm³/mol. The molecule has 0 unspecified atom stereocenters. The van der Waals surface area contributed by atoms with Gasteiger partial charge in [0.25, 0.3) is 15.9 Å². The Morgan fingerprint density at radius 1 is 0.943 bits per heavy atom. The van der Waals surface area contributed by atoms with E-state index in [1.807, 2.05) is 31.3 Å². The molecular formula is C27H29N3O4S. The summed E-state index contributed by atoms with van der Waals surface area (Å²) in [5.41, 5.74) is 0.871. The number of likely N-dealkylation sites (tertiary alicyclic amines) is 1. The first-order valence-electron chi connectivity index (χ1n) is 11.7. The molecule has 1 saturated heterocycles. The number of carbonyl (C=O) groups is 1. The molecule has 1 fully saturated rings. The van der Waals surface area contributed by atoms with Crippen LogP contribution in [0.15, 0.2) is 71.8 Å². The quantitative estimate of drug-likeness (QED) is 0.418. The highest BCUT2D eigenvalue weighted by Gasteiger charge is 2.30. The summed E-state index contributed by atoms with van der Waals surface area (Å²) in [5.74, 6) is 0.442. The first kappa shape index (κ1) is 23.4. The summed E-state index contributed by atoms with van der Waals surface area (Å²) in [6.07, 6.45) is 3.27. The van der Waals surface area contributed by atoms with E-state index in [9.17, 15) is 13.2 Å². The summed E-state index contributed by atoms with van der Waals surface area (Å²) in [5, 5.41) is 1.91.